The fraction of sp³-hybridized carbons (Fsp3) is 0.500. The minimum absolute atomic E-state index is 0.0300. The zero-order valence-corrected chi connectivity index (χ0v) is 11.2. The van der Waals surface area contributed by atoms with Crippen LogP contribution in [0.1, 0.15) is 25.3 Å². The van der Waals surface area contributed by atoms with E-state index in [0.717, 1.165) is 13.2 Å². The maximum Gasteiger partial charge on any atom is 0.316 e. The Morgan fingerprint density at radius 2 is 2.00 bits per heavy atom. The van der Waals surface area contributed by atoms with E-state index in [4.69, 9.17) is 4.74 Å². The average Bonchev–Trinajstić information content (AvgIpc) is 2.37. The van der Waals surface area contributed by atoms with Gasteiger partial charge in [0.25, 0.3) is 5.92 Å². The quantitative estimate of drug-likeness (QED) is 0.799. The van der Waals surface area contributed by atoms with Crippen LogP contribution in [0.15, 0.2) is 18.2 Å². The lowest BCUT2D eigenvalue weighted by atomic mass is 9.62. The van der Waals surface area contributed by atoms with Gasteiger partial charge < -0.3 is 9.47 Å². The summed E-state index contributed by atoms with van der Waals surface area (Å²) in [5.74, 6) is -4.35. The minimum atomic E-state index is -2.93. The molecular formula is C14H15F3O3. The zero-order valence-electron chi connectivity index (χ0n) is 11.2. The first-order chi connectivity index (χ1) is 9.34. The van der Waals surface area contributed by atoms with Crippen molar-refractivity contribution in [1.82, 2.24) is 0 Å². The second kappa shape index (κ2) is 5.00. The highest BCUT2D eigenvalue weighted by Crippen LogP contribution is 2.54. The van der Waals surface area contributed by atoms with Gasteiger partial charge in [0.15, 0.2) is 11.6 Å². The van der Waals surface area contributed by atoms with Gasteiger partial charge in [0, 0.05) is 12.8 Å². The molecule has 1 saturated carbocycles. The van der Waals surface area contributed by atoms with Crippen LogP contribution in [0.3, 0.4) is 0 Å². The number of carbonyl (C=O) groups excluding carboxylic acids is 1. The van der Waals surface area contributed by atoms with Crippen molar-refractivity contribution in [2.45, 2.75) is 31.1 Å². The fourth-order valence-corrected chi connectivity index (χ4v) is 2.56. The molecule has 110 valence electrons. The van der Waals surface area contributed by atoms with Gasteiger partial charge in [-0.15, -0.1) is 0 Å². The van der Waals surface area contributed by atoms with E-state index in [1.54, 1.807) is 6.92 Å². The maximum atomic E-state index is 13.8. The van der Waals surface area contributed by atoms with Gasteiger partial charge in [-0.1, -0.05) is 6.07 Å². The van der Waals surface area contributed by atoms with Crippen molar-refractivity contribution < 1.29 is 27.4 Å². The second-order valence-electron chi connectivity index (χ2n) is 4.86. The fourth-order valence-electron chi connectivity index (χ4n) is 2.56. The highest BCUT2D eigenvalue weighted by atomic mass is 19.3. The third kappa shape index (κ3) is 2.34. The Bertz CT molecular complexity index is 520. The number of hydrogen-bond acceptors (Lipinski definition) is 3. The number of methoxy groups -OCH3 is 1. The number of benzene rings is 1. The van der Waals surface area contributed by atoms with Crippen molar-refractivity contribution in [3.8, 4) is 5.75 Å². The van der Waals surface area contributed by atoms with Crippen LogP contribution in [0.2, 0.25) is 0 Å². The lowest BCUT2D eigenvalue weighted by Gasteiger charge is -2.45. The number of halogens is 3. The first kappa shape index (κ1) is 14.7. The van der Waals surface area contributed by atoms with Crippen LogP contribution in [-0.2, 0) is 14.9 Å². The molecule has 0 heterocycles. The van der Waals surface area contributed by atoms with E-state index in [1.165, 1.54) is 12.1 Å². The molecule has 3 nitrogen and oxygen atoms in total. The van der Waals surface area contributed by atoms with E-state index in [9.17, 15) is 18.0 Å². The van der Waals surface area contributed by atoms with E-state index in [0.29, 0.717) is 0 Å². The summed E-state index contributed by atoms with van der Waals surface area (Å²) in [4.78, 5) is 11.8. The van der Waals surface area contributed by atoms with Gasteiger partial charge in [-0.3, -0.25) is 4.79 Å². The Labute approximate surface area is 114 Å². The molecule has 0 amide bonds. The first-order valence-electron chi connectivity index (χ1n) is 6.24. The molecule has 0 radical (unpaired) electrons. The molecule has 1 aromatic rings. The lowest BCUT2D eigenvalue weighted by molar-refractivity contribution is -0.177. The SMILES string of the molecule is CCOc1ccc(C2(C(=O)OC)CC(F)(F)C2)cc1F. The van der Waals surface area contributed by atoms with Crippen molar-refractivity contribution in [2.75, 3.05) is 13.7 Å². The van der Waals surface area contributed by atoms with Gasteiger partial charge in [-0.25, -0.2) is 13.2 Å². The summed E-state index contributed by atoms with van der Waals surface area (Å²) >= 11 is 0. The lowest BCUT2D eigenvalue weighted by Crippen LogP contribution is -2.54. The van der Waals surface area contributed by atoms with E-state index in [2.05, 4.69) is 4.74 Å². The zero-order chi connectivity index (χ0) is 15.0. The molecule has 1 fully saturated rings. The van der Waals surface area contributed by atoms with Gasteiger partial charge in [0.1, 0.15) is 5.41 Å². The molecule has 0 aromatic heterocycles. The summed E-state index contributed by atoms with van der Waals surface area (Å²) in [7, 11) is 1.13. The van der Waals surface area contributed by atoms with E-state index >= 15 is 0 Å². The van der Waals surface area contributed by atoms with Crippen LogP contribution >= 0.6 is 0 Å². The third-order valence-electron chi connectivity index (χ3n) is 3.48. The largest absolute Gasteiger partial charge is 0.491 e. The molecule has 0 bridgehead atoms. The normalized spacial score (nSPS) is 19.1. The van der Waals surface area contributed by atoms with Crippen LogP contribution in [0.4, 0.5) is 13.2 Å². The summed E-state index contributed by atoms with van der Waals surface area (Å²) in [5, 5.41) is 0. The number of esters is 1. The van der Waals surface area contributed by atoms with Crippen molar-refractivity contribution in [3.63, 3.8) is 0 Å². The van der Waals surface area contributed by atoms with Crippen LogP contribution in [0.5, 0.6) is 5.75 Å². The van der Waals surface area contributed by atoms with Gasteiger partial charge in [-0.2, -0.15) is 0 Å². The van der Waals surface area contributed by atoms with Gasteiger partial charge >= 0.3 is 5.97 Å². The smallest absolute Gasteiger partial charge is 0.316 e. The molecule has 0 aliphatic heterocycles. The van der Waals surface area contributed by atoms with Crippen molar-refractivity contribution in [2.24, 2.45) is 0 Å². The van der Waals surface area contributed by atoms with Crippen LogP contribution in [0, 0.1) is 5.82 Å². The number of carbonyl (C=O) groups is 1. The van der Waals surface area contributed by atoms with Crippen molar-refractivity contribution in [1.29, 1.82) is 0 Å². The summed E-state index contributed by atoms with van der Waals surface area (Å²) in [6.07, 6.45) is -1.33. The Balaban J connectivity index is 2.36. The standard InChI is InChI=1S/C14H15F3O3/c1-3-20-11-5-4-9(6-10(11)15)13(12(18)19-2)7-14(16,17)8-13/h4-6H,3,7-8H2,1-2H3. The third-order valence-corrected chi connectivity index (χ3v) is 3.48. The topological polar surface area (TPSA) is 35.5 Å². The summed E-state index contributed by atoms with van der Waals surface area (Å²) in [5.41, 5.74) is -1.28. The Morgan fingerprint density at radius 3 is 2.45 bits per heavy atom. The molecule has 0 atom stereocenters. The minimum Gasteiger partial charge on any atom is -0.491 e. The molecule has 6 heteroatoms. The number of ether oxygens (including phenoxy) is 2. The summed E-state index contributed by atoms with van der Waals surface area (Å²) in [6, 6.07) is 3.84. The van der Waals surface area contributed by atoms with Crippen molar-refractivity contribution in [3.05, 3.63) is 29.6 Å². The van der Waals surface area contributed by atoms with Crippen molar-refractivity contribution >= 4 is 5.97 Å². The highest BCUT2D eigenvalue weighted by Gasteiger charge is 2.62. The number of alkyl halides is 2. The van der Waals surface area contributed by atoms with Gasteiger partial charge in [-0.05, 0) is 24.6 Å². The van der Waals surface area contributed by atoms with Crippen LogP contribution in [-0.4, -0.2) is 25.6 Å². The molecule has 0 saturated heterocycles. The highest BCUT2D eigenvalue weighted by molar-refractivity contribution is 5.85. The first-order valence-corrected chi connectivity index (χ1v) is 6.24. The number of rotatable bonds is 4. The predicted molar refractivity (Wildman–Crippen MR) is 65.4 cm³/mol. The molecule has 0 unspecified atom stereocenters. The molecule has 2 rings (SSSR count). The Kier molecular flexibility index (Phi) is 3.67. The monoisotopic (exact) mass is 288 g/mol. The molecule has 0 N–H and O–H groups in total. The van der Waals surface area contributed by atoms with E-state index in [-0.39, 0.29) is 17.9 Å². The Morgan fingerprint density at radius 1 is 1.35 bits per heavy atom. The molecule has 20 heavy (non-hydrogen) atoms. The Hall–Kier alpha value is -1.72. The molecular weight excluding hydrogens is 273 g/mol. The van der Waals surface area contributed by atoms with Gasteiger partial charge in [0.2, 0.25) is 0 Å². The molecule has 1 aliphatic rings. The average molecular weight is 288 g/mol. The van der Waals surface area contributed by atoms with E-state index in [1.807, 2.05) is 0 Å². The summed E-state index contributed by atoms with van der Waals surface area (Å²) < 4.78 is 49.8. The van der Waals surface area contributed by atoms with Crippen LogP contribution < -0.4 is 4.74 Å². The molecule has 0 spiro atoms. The van der Waals surface area contributed by atoms with Gasteiger partial charge in [0.05, 0.1) is 13.7 Å². The predicted octanol–water partition coefficient (Wildman–Crippen LogP) is 3.06. The molecule has 1 aromatic carbocycles. The summed E-state index contributed by atoms with van der Waals surface area (Å²) in [6.45, 7) is 1.99. The van der Waals surface area contributed by atoms with Crippen LogP contribution in [0.25, 0.3) is 0 Å². The van der Waals surface area contributed by atoms with E-state index < -0.39 is 36.0 Å². The maximum absolute atomic E-state index is 13.8. The molecule has 1 aliphatic carbocycles. The second-order valence-corrected chi connectivity index (χ2v) is 4.86. The number of hydrogen-bond donors (Lipinski definition) is 0.